The fraction of sp³-hybridized carbons (Fsp3) is 0.700. The van der Waals surface area contributed by atoms with E-state index in [0.717, 1.165) is 25.2 Å². The van der Waals surface area contributed by atoms with Gasteiger partial charge < -0.3 is 10.3 Å². The minimum Gasteiger partial charge on any atom is -0.349 e. The van der Waals surface area contributed by atoms with Crippen LogP contribution in [-0.4, -0.2) is 43.3 Å². The second-order valence-corrected chi connectivity index (χ2v) is 6.24. The number of nitrogens with one attached hydrogen (secondary N) is 3. The fourth-order valence-corrected chi connectivity index (χ4v) is 3.35. The highest BCUT2D eigenvalue weighted by Gasteiger charge is 2.27. The van der Waals surface area contributed by atoms with Gasteiger partial charge in [0, 0.05) is 31.9 Å². The Morgan fingerprint density at radius 3 is 3.06 bits per heavy atom. The predicted octanol–water partition coefficient (Wildman–Crippen LogP) is -0.376. The number of aromatic amines is 1. The molecule has 0 aromatic carbocycles. The molecule has 0 spiro atoms. The zero-order chi connectivity index (χ0) is 12.1. The van der Waals surface area contributed by atoms with Crippen LogP contribution in [0.15, 0.2) is 12.4 Å². The average molecular weight is 258 g/mol. The number of hydrogen-bond acceptors (Lipinski definition) is 4. The monoisotopic (exact) mass is 258 g/mol. The molecule has 2 rings (SSSR count). The summed E-state index contributed by atoms with van der Waals surface area (Å²) in [5, 5.41) is 2.78. The van der Waals surface area contributed by atoms with Gasteiger partial charge in [-0.25, -0.2) is 18.1 Å². The van der Waals surface area contributed by atoms with Gasteiger partial charge in [0.1, 0.15) is 5.82 Å². The Morgan fingerprint density at radius 1 is 1.53 bits per heavy atom. The van der Waals surface area contributed by atoms with Crippen LogP contribution in [0.4, 0.5) is 0 Å². The summed E-state index contributed by atoms with van der Waals surface area (Å²) >= 11 is 0. The molecule has 0 radical (unpaired) electrons. The molecule has 1 aliphatic heterocycles. The van der Waals surface area contributed by atoms with E-state index in [1.54, 1.807) is 12.4 Å². The number of aryl methyl sites for hydroxylation is 1. The van der Waals surface area contributed by atoms with Gasteiger partial charge in [0.05, 0.1) is 5.25 Å². The SMILES string of the molecule is O=S(=O)(NCCCc1ncc[nH]1)C1CCNC1. The lowest BCUT2D eigenvalue weighted by atomic mass is 10.3. The molecule has 1 atom stereocenters. The van der Waals surface area contributed by atoms with Crippen molar-refractivity contribution in [1.29, 1.82) is 0 Å². The van der Waals surface area contributed by atoms with Crippen molar-refractivity contribution in [3.63, 3.8) is 0 Å². The van der Waals surface area contributed by atoms with E-state index < -0.39 is 10.0 Å². The van der Waals surface area contributed by atoms with Crippen molar-refractivity contribution < 1.29 is 8.42 Å². The minimum atomic E-state index is -3.14. The molecule has 7 heteroatoms. The highest BCUT2D eigenvalue weighted by atomic mass is 32.2. The maximum absolute atomic E-state index is 11.8. The van der Waals surface area contributed by atoms with Gasteiger partial charge in [0.2, 0.25) is 10.0 Å². The molecule has 0 saturated carbocycles. The minimum absolute atomic E-state index is 0.272. The maximum atomic E-state index is 11.8. The van der Waals surface area contributed by atoms with Crippen LogP contribution in [0.2, 0.25) is 0 Å². The summed E-state index contributed by atoms with van der Waals surface area (Å²) in [4.78, 5) is 7.08. The molecule has 1 aliphatic rings. The normalized spacial score (nSPS) is 20.8. The van der Waals surface area contributed by atoms with E-state index in [-0.39, 0.29) is 5.25 Å². The van der Waals surface area contributed by atoms with Crippen molar-refractivity contribution >= 4 is 10.0 Å². The van der Waals surface area contributed by atoms with Crippen molar-refractivity contribution in [2.24, 2.45) is 0 Å². The largest absolute Gasteiger partial charge is 0.349 e. The van der Waals surface area contributed by atoms with Crippen LogP contribution < -0.4 is 10.0 Å². The highest BCUT2D eigenvalue weighted by Crippen LogP contribution is 2.08. The summed E-state index contributed by atoms with van der Waals surface area (Å²) in [7, 11) is -3.14. The molecule has 96 valence electrons. The Bertz CT molecular complexity index is 423. The Morgan fingerprint density at radius 2 is 2.41 bits per heavy atom. The molecular weight excluding hydrogens is 240 g/mol. The van der Waals surface area contributed by atoms with Crippen molar-refractivity contribution in [3.8, 4) is 0 Å². The second-order valence-electron chi connectivity index (χ2n) is 4.19. The van der Waals surface area contributed by atoms with Crippen LogP contribution in [-0.2, 0) is 16.4 Å². The van der Waals surface area contributed by atoms with E-state index in [4.69, 9.17) is 0 Å². The lowest BCUT2D eigenvalue weighted by Gasteiger charge is -2.11. The number of nitrogens with zero attached hydrogens (tertiary/aromatic N) is 1. The number of imidazole rings is 1. The van der Waals surface area contributed by atoms with Crippen molar-refractivity contribution in [2.75, 3.05) is 19.6 Å². The molecule has 1 unspecified atom stereocenters. The first-order chi connectivity index (χ1) is 8.18. The zero-order valence-corrected chi connectivity index (χ0v) is 10.5. The third-order valence-electron chi connectivity index (χ3n) is 2.90. The van der Waals surface area contributed by atoms with Gasteiger partial charge >= 0.3 is 0 Å². The Hall–Kier alpha value is -0.920. The summed E-state index contributed by atoms with van der Waals surface area (Å²) in [6, 6.07) is 0. The topological polar surface area (TPSA) is 86.9 Å². The molecule has 1 aromatic rings. The van der Waals surface area contributed by atoms with Crippen LogP contribution in [0.3, 0.4) is 0 Å². The maximum Gasteiger partial charge on any atom is 0.215 e. The molecule has 3 N–H and O–H groups in total. The quantitative estimate of drug-likeness (QED) is 0.607. The average Bonchev–Trinajstić information content (AvgIpc) is 2.97. The molecule has 0 bridgehead atoms. The summed E-state index contributed by atoms with van der Waals surface area (Å²) in [6.07, 6.45) is 5.69. The van der Waals surface area contributed by atoms with Gasteiger partial charge in [0.15, 0.2) is 0 Å². The number of H-pyrrole nitrogens is 1. The van der Waals surface area contributed by atoms with Crippen LogP contribution >= 0.6 is 0 Å². The van der Waals surface area contributed by atoms with Gasteiger partial charge in [-0.1, -0.05) is 0 Å². The summed E-state index contributed by atoms with van der Waals surface area (Å²) in [5.74, 6) is 0.895. The first-order valence-corrected chi connectivity index (χ1v) is 7.40. The third-order valence-corrected chi connectivity index (χ3v) is 4.79. The summed E-state index contributed by atoms with van der Waals surface area (Å²) < 4.78 is 26.3. The van der Waals surface area contributed by atoms with E-state index in [1.807, 2.05) is 0 Å². The van der Waals surface area contributed by atoms with E-state index in [1.165, 1.54) is 0 Å². The standard InChI is InChI=1S/C10H18N4O2S/c15-17(16,9-3-5-11-8-9)14-4-1-2-10-12-6-7-13-10/h6-7,9,11,14H,1-5,8H2,(H,12,13). The van der Waals surface area contributed by atoms with Crippen LogP contribution in [0, 0.1) is 0 Å². The number of sulfonamides is 1. The molecule has 0 amide bonds. The number of aromatic nitrogens is 2. The van der Waals surface area contributed by atoms with Gasteiger partial charge in [-0.2, -0.15) is 0 Å². The summed E-state index contributed by atoms with van der Waals surface area (Å²) in [5.41, 5.74) is 0. The van der Waals surface area contributed by atoms with Crippen LogP contribution in [0.5, 0.6) is 0 Å². The molecule has 1 aromatic heterocycles. The highest BCUT2D eigenvalue weighted by molar-refractivity contribution is 7.90. The Labute approximate surface area is 101 Å². The third kappa shape index (κ3) is 3.52. The second kappa shape index (κ2) is 5.61. The van der Waals surface area contributed by atoms with E-state index >= 15 is 0 Å². The van der Waals surface area contributed by atoms with E-state index in [2.05, 4.69) is 20.0 Å². The van der Waals surface area contributed by atoms with Gasteiger partial charge in [-0.3, -0.25) is 0 Å². The van der Waals surface area contributed by atoms with Crippen LogP contribution in [0.1, 0.15) is 18.7 Å². The first kappa shape index (κ1) is 12.5. The molecule has 2 heterocycles. The van der Waals surface area contributed by atoms with Crippen LogP contribution in [0.25, 0.3) is 0 Å². The molecule has 1 saturated heterocycles. The predicted molar refractivity (Wildman–Crippen MR) is 65.1 cm³/mol. The Balaban J connectivity index is 1.70. The Kier molecular flexibility index (Phi) is 4.14. The molecule has 1 fully saturated rings. The molecule has 17 heavy (non-hydrogen) atoms. The first-order valence-electron chi connectivity index (χ1n) is 5.86. The molecular formula is C10H18N4O2S. The fourth-order valence-electron chi connectivity index (χ4n) is 1.92. The number of rotatable bonds is 6. The molecule has 6 nitrogen and oxygen atoms in total. The van der Waals surface area contributed by atoms with Gasteiger partial charge in [-0.15, -0.1) is 0 Å². The van der Waals surface area contributed by atoms with Gasteiger partial charge in [-0.05, 0) is 19.4 Å². The van der Waals surface area contributed by atoms with Crippen molar-refractivity contribution in [3.05, 3.63) is 18.2 Å². The van der Waals surface area contributed by atoms with Gasteiger partial charge in [0.25, 0.3) is 0 Å². The number of hydrogen-bond donors (Lipinski definition) is 3. The lowest BCUT2D eigenvalue weighted by molar-refractivity contribution is 0.565. The van der Waals surface area contributed by atoms with E-state index in [0.29, 0.717) is 19.5 Å². The zero-order valence-electron chi connectivity index (χ0n) is 9.65. The molecule has 0 aliphatic carbocycles. The lowest BCUT2D eigenvalue weighted by Crippen LogP contribution is -2.36. The van der Waals surface area contributed by atoms with E-state index in [9.17, 15) is 8.42 Å². The van der Waals surface area contributed by atoms with Crippen molar-refractivity contribution in [2.45, 2.75) is 24.5 Å². The van der Waals surface area contributed by atoms with Crippen molar-refractivity contribution in [1.82, 2.24) is 20.0 Å². The summed E-state index contributed by atoms with van der Waals surface area (Å²) in [6.45, 7) is 1.82. The smallest absolute Gasteiger partial charge is 0.215 e.